The Hall–Kier alpha value is -2.41. The maximum Gasteiger partial charge on any atom is 0.282 e. The SMILES string of the molecule is CC1C(CN[S+](C)[O-])OCCN1c1cc(-c2cnc3ccc(C(F)F)nn23)ncn1. The number of ether oxygens (including phenoxy) is 1. The zero-order valence-electron chi connectivity index (χ0n) is 16.4. The molecule has 3 aromatic rings. The average molecular weight is 437 g/mol. The molecule has 3 atom stereocenters. The second-order valence-corrected chi connectivity index (χ2v) is 8.08. The lowest BCUT2D eigenvalue weighted by Crippen LogP contribution is -2.54. The van der Waals surface area contributed by atoms with Crippen LogP contribution in [0.25, 0.3) is 17.0 Å². The fraction of sp³-hybridized carbons (Fsp3) is 0.444. The number of fused-ring (bicyclic) bond motifs is 1. The van der Waals surface area contributed by atoms with Gasteiger partial charge in [0.15, 0.2) is 5.65 Å². The van der Waals surface area contributed by atoms with Crippen LogP contribution in [0.2, 0.25) is 0 Å². The lowest BCUT2D eigenvalue weighted by atomic mass is 10.1. The van der Waals surface area contributed by atoms with Gasteiger partial charge in [0, 0.05) is 24.0 Å². The van der Waals surface area contributed by atoms with Crippen molar-refractivity contribution < 1.29 is 18.1 Å². The van der Waals surface area contributed by atoms with Gasteiger partial charge in [0.25, 0.3) is 6.43 Å². The molecule has 0 radical (unpaired) electrons. The monoisotopic (exact) mass is 437 g/mol. The summed E-state index contributed by atoms with van der Waals surface area (Å²) in [5.74, 6) is 0.679. The van der Waals surface area contributed by atoms with Crippen LogP contribution in [0.5, 0.6) is 0 Å². The summed E-state index contributed by atoms with van der Waals surface area (Å²) in [6.45, 7) is 3.59. The van der Waals surface area contributed by atoms with Gasteiger partial charge in [-0.05, 0) is 19.1 Å². The first-order valence-electron chi connectivity index (χ1n) is 9.34. The largest absolute Gasteiger partial charge is 0.598 e. The summed E-state index contributed by atoms with van der Waals surface area (Å²) in [5, 5.41) is 3.99. The van der Waals surface area contributed by atoms with Crippen LogP contribution in [-0.4, -0.2) is 67.2 Å². The summed E-state index contributed by atoms with van der Waals surface area (Å²) in [7, 11) is 0. The Balaban J connectivity index is 1.63. The summed E-state index contributed by atoms with van der Waals surface area (Å²) >= 11 is -1.13. The van der Waals surface area contributed by atoms with Crippen molar-refractivity contribution in [2.75, 3.05) is 30.9 Å². The number of hydrogen-bond acceptors (Lipinski definition) is 8. The first-order valence-corrected chi connectivity index (χ1v) is 10.9. The predicted molar refractivity (Wildman–Crippen MR) is 108 cm³/mol. The van der Waals surface area contributed by atoms with Gasteiger partial charge in [0.05, 0.1) is 37.2 Å². The highest BCUT2D eigenvalue weighted by Gasteiger charge is 2.30. The fourth-order valence-corrected chi connectivity index (χ4v) is 3.82. The smallest absolute Gasteiger partial charge is 0.282 e. The molecule has 1 aliphatic rings. The third-order valence-corrected chi connectivity index (χ3v) is 5.57. The summed E-state index contributed by atoms with van der Waals surface area (Å²) in [4.78, 5) is 15.0. The highest BCUT2D eigenvalue weighted by atomic mass is 32.2. The van der Waals surface area contributed by atoms with Gasteiger partial charge in [0.2, 0.25) is 0 Å². The number of alkyl halides is 2. The number of morpholine rings is 1. The maximum absolute atomic E-state index is 13.1. The van der Waals surface area contributed by atoms with E-state index in [0.29, 0.717) is 42.5 Å². The minimum absolute atomic E-state index is 0.0247. The van der Waals surface area contributed by atoms with Crippen molar-refractivity contribution in [2.45, 2.75) is 25.5 Å². The average Bonchev–Trinajstić information content (AvgIpc) is 3.16. The van der Waals surface area contributed by atoms with E-state index in [4.69, 9.17) is 4.74 Å². The number of hydrogen-bond donors (Lipinski definition) is 1. The van der Waals surface area contributed by atoms with Gasteiger partial charge in [-0.2, -0.15) is 5.10 Å². The number of aromatic nitrogens is 5. The molecule has 12 heteroatoms. The zero-order valence-corrected chi connectivity index (χ0v) is 17.2. The number of halogens is 2. The number of rotatable bonds is 6. The lowest BCUT2D eigenvalue weighted by molar-refractivity contribution is 0.0195. The minimum Gasteiger partial charge on any atom is -0.598 e. The van der Waals surface area contributed by atoms with E-state index < -0.39 is 17.8 Å². The molecule has 4 heterocycles. The predicted octanol–water partition coefficient (Wildman–Crippen LogP) is 1.60. The molecule has 0 bridgehead atoms. The fourth-order valence-electron chi connectivity index (χ4n) is 3.42. The van der Waals surface area contributed by atoms with Gasteiger partial charge in [0.1, 0.15) is 29.8 Å². The van der Waals surface area contributed by atoms with E-state index in [9.17, 15) is 13.3 Å². The van der Waals surface area contributed by atoms with Crippen molar-refractivity contribution in [3.05, 3.63) is 36.4 Å². The van der Waals surface area contributed by atoms with E-state index >= 15 is 0 Å². The maximum atomic E-state index is 13.1. The molecule has 160 valence electrons. The second kappa shape index (κ2) is 8.76. The van der Waals surface area contributed by atoms with Gasteiger partial charge in [-0.15, -0.1) is 4.72 Å². The Morgan fingerprint density at radius 1 is 1.33 bits per heavy atom. The molecular weight excluding hydrogens is 416 g/mol. The Kier molecular flexibility index (Phi) is 6.09. The third kappa shape index (κ3) is 4.21. The standard InChI is InChI=1S/C18H21F2N7O2S/c1-11-15(9-24-30(2)28)29-6-5-26(11)17-7-13(22-10-23-17)14-8-21-16-4-3-12(18(19)20)25-27(14)16/h3-4,7-8,10-11,15,18,24H,5-6,9H2,1-2H3. The van der Waals surface area contributed by atoms with Crippen LogP contribution in [0.4, 0.5) is 14.6 Å². The summed E-state index contributed by atoms with van der Waals surface area (Å²) < 4.78 is 47.5. The normalized spacial score (nSPS) is 20.8. The Morgan fingerprint density at radius 2 is 2.17 bits per heavy atom. The molecule has 1 fully saturated rings. The number of nitrogens with zero attached hydrogens (tertiary/aromatic N) is 6. The third-order valence-electron chi connectivity index (χ3n) is 5.00. The number of nitrogens with one attached hydrogen (secondary N) is 1. The van der Waals surface area contributed by atoms with Crippen LogP contribution < -0.4 is 9.62 Å². The van der Waals surface area contributed by atoms with Gasteiger partial charge < -0.3 is 14.2 Å². The van der Waals surface area contributed by atoms with E-state index in [-0.39, 0.29) is 17.8 Å². The van der Waals surface area contributed by atoms with Crippen LogP contribution in [0, 0.1) is 0 Å². The van der Waals surface area contributed by atoms with Gasteiger partial charge in [-0.25, -0.2) is 28.2 Å². The number of anilines is 1. The van der Waals surface area contributed by atoms with Gasteiger partial charge in [-0.3, -0.25) is 0 Å². The molecule has 1 aliphatic heterocycles. The second-order valence-electron chi connectivity index (χ2n) is 6.88. The van der Waals surface area contributed by atoms with E-state index in [2.05, 4.69) is 29.7 Å². The first kappa shape index (κ1) is 20.8. The van der Waals surface area contributed by atoms with E-state index in [1.54, 1.807) is 18.5 Å². The van der Waals surface area contributed by atoms with E-state index in [1.165, 1.54) is 23.0 Å². The van der Waals surface area contributed by atoms with E-state index in [1.807, 2.05) is 6.92 Å². The van der Waals surface area contributed by atoms with Crippen LogP contribution in [-0.2, 0) is 16.1 Å². The van der Waals surface area contributed by atoms with Gasteiger partial charge in [-0.1, -0.05) is 0 Å². The highest BCUT2D eigenvalue weighted by Crippen LogP contribution is 2.26. The molecule has 3 unspecified atom stereocenters. The van der Waals surface area contributed by atoms with Crippen molar-refractivity contribution in [1.82, 2.24) is 29.3 Å². The van der Waals surface area contributed by atoms with E-state index in [0.717, 1.165) is 0 Å². The zero-order chi connectivity index (χ0) is 21.3. The molecule has 1 N–H and O–H groups in total. The summed E-state index contributed by atoms with van der Waals surface area (Å²) in [6.07, 6.45) is 1.72. The van der Waals surface area contributed by atoms with Gasteiger partial charge >= 0.3 is 0 Å². The molecule has 0 amide bonds. The first-order chi connectivity index (χ1) is 14.4. The van der Waals surface area contributed by atoms with Crippen LogP contribution in [0.3, 0.4) is 0 Å². The Labute approximate surface area is 174 Å². The lowest BCUT2D eigenvalue weighted by Gasteiger charge is -2.40. The molecule has 3 aromatic heterocycles. The molecule has 0 aromatic carbocycles. The summed E-state index contributed by atoms with van der Waals surface area (Å²) in [6, 6.07) is 4.52. The van der Waals surface area contributed by atoms with Crippen molar-refractivity contribution in [3.8, 4) is 11.4 Å². The van der Waals surface area contributed by atoms with Crippen LogP contribution >= 0.6 is 0 Å². The molecule has 4 rings (SSSR count). The van der Waals surface area contributed by atoms with Crippen LogP contribution in [0.15, 0.2) is 30.7 Å². The topological polar surface area (TPSA) is 104 Å². The number of imidazole rings is 1. The Bertz CT molecular complexity index is 1020. The highest BCUT2D eigenvalue weighted by molar-refractivity contribution is 7.88. The van der Waals surface area contributed by atoms with Crippen molar-refractivity contribution in [1.29, 1.82) is 0 Å². The molecule has 9 nitrogen and oxygen atoms in total. The van der Waals surface area contributed by atoms with Crippen LogP contribution in [0.1, 0.15) is 19.0 Å². The molecule has 1 saturated heterocycles. The molecule has 30 heavy (non-hydrogen) atoms. The summed E-state index contributed by atoms with van der Waals surface area (Å²) in [5.41, 5.74) is 1.14. The van der Waals surface area contributed by atoms with Crippen molar-refractivity contribution in [3.63, 3.8) is 0 Å². The minimum atomic E-state index is -2.68. The molecule has 0 spiro atoms. The molecule has 0 saturated carbocycles. The molecular formula is C18H21F2N7O2S. The van der Waals surface area contributed by atoms with Crippen molar-refractivity contribution >= 4 is 22.8 Å². The molecule has 0 aliphatic carbocycles. The van der Waals surface area contributed by atoms with Crippen molar-refractivity contribution in [2.24, 2.45) is 0 Å². The Morgan fingerprint density at radius 3 is 2.93 bits per heavy atom. The quantitative estimate of drug-likeness (QED) is 0.580.